The lowest BCUT2D eigenvalue weighted by Gasteiger charge is -2.48. The second-order valence-corrected chi connectivity index (χ2v) is 25.3. The normalized spacial score (nSPS) is 28.7. The van der Waals surface area contributed by atoms with E-state index in [4.69, 9.17) is 28.4 Å². The van der Waals surface area contributed by atoms with Gasteiger partial charge in [-0.1, -0.05) is 244 Å². The number of aliphatic hydroxyl groups excluding tert-OH is 11. The third-order valence-corrected chi connectivity index (χ3v) is 17.7. The third-order valence-electron chi connectivity index (χ3n) is 17.7. The Morgan fingerprint density at radius 3 is 1.11 bits per heavy atom. The molecule has 3 heterocycles. The number of hydrogen-bond donors (Lipinski definition) is 12. The summed E-state index contributed by atoms with van der Waals surface area (Å²) in [7, 11) is 0. The van der Waals surface area contributed by atoms with Gasteiger partial charge in [-0.25, -0.2) is 0 Å². The molecule has 3 fully saturated rings. The molecule has 3 saturated heterocycles. The van der Waals surface area contributed by atoms with Crippen LogP contribution in [0, 0.1) is 0 Å². The lowest BCUT2D eigenvalue weighted by molar-refractivity contribution is -0.379. The molecule has 3 aliphatic rings. The number of ether oxygens (including phenoxy) is 6. The first-order valence-corrected chi connectivity index (χ1v) is 35.1. The van der Waals surface area contributed by atoms with Gasteiger partial charge in [-0.15, -0.1) is 0 Å². The second kappa shape index (κ2) is 50.8. The van der Waals surface area contributed by atoms with Crippen LogP contribution in [0.25, 0.3) is 0 Å². The van der Waals surface area contributed by atoms with Crippen LogP contribution in [0.2, 0.25) is 0 Å². The molecule has 0 aromatic carbocycles. The largest absolute Gasteiger partial charge is 0.394 e. The summed E-state index contributed by atoms with van der Waals surface area (Å²) in [6.07, 6.45) is 30.0. The molecule has 17 atom stereocenters. The molecule has 87 heavy (non-hydrogen) atoms. The van der Waals surface area contributed by atoms with Crippen molar-refractivity contribution in [3.05, 3.63) is 24.3 Å². The van der Waals surface area contributed by atoms with Crippen molar-refractivity contribution < 1.29 is 89.4 Å². The van der Waals surface area contributed by atoms with Crippen LogP contribution in [-0.2, 0) is 33.2 Å². The third kappa shape index (κ3) is 33.1. The zero-order chi connectivity index (χ0) is 63.3. The fourth-order valence-corrected chi connectivity index (χ4v) is 12.0. The smallest absolute Gasteiger partial charge is 0.220 e. The minimum atomic E-state index is -1.98. The number of aliphatic hydroxyl groups is 11. The molecule has 0 bridgehead atoms. The number of hydrogen-bond acceptors (Lipinski definition) is 18. The number of carbonyl (C=O) groups excluding carboxylic acids is 1. The predicted octanol–water partition coefficient (Wildman–Crippen LogP) is 9.05. The number of rotatable bonds is 54. The average Bonchev–Trinajstić information content (AvgIpc) is 2.40. The Morgan fingerprint density at radius 2 is 0.724 bits per heavy atom. The van der Waals surface area contributed by atoms with E-state index in [0.717, 1.165) is 51.4 Å². The highest BCUT2D eigenvalue weighted by atomic mass is 16.8. The first-order valence-electron chi connectivity index (χ1n) is 35.1. The number of amides is 1. The molecule has 19 nitrogen and oxygen atoms in total. The molecule has 512 valence electrons. The maximum absolute atomic E-state index is 13.4. The monoisotopic (exact) mass is 1250 g/mol. The Labute approximate surface area is 524 Å². The van der Waals surface area contributed by atoms with Gasteiger partial charge in [-0.2, -0.15) is 0 Å². The molecule has 3 rings (SSSR count). The Balaban J connectivity index is 1.45. The Kier molecular flexibility index (Phi) is 46.4. The summed E-state index contributed by atoms with van der Waals surface area (Å²) in [6.45, 7) is 1.76. The summed E-state index contributed by atoms with van der Waals surface area (Å²) in [4.78, 5) is 13.4. The van der Waals surface area contributed by atoms with E-state index in [1.54, 1.807) is 6.08 Å². The quantitative estimate of drug-likeness (QED) is 0.0200. The summed E-state index contributed by atoms with van der Waals surface area (Å²) in [5.74, 6) is -0.274. The van der Waals surface area contributed by atoms with Gasteiger partial charge in [0.2, 0.25) is 5.91 Å². The highest BCUT2D eigenvalue weighted by molar-refractivity contribution is 5.76. The van der Waals surface area contributed by atoms with Crippen LogP contribution < -0.4 is 5.32 Å². The van der Waals surface area contributed by atoms with Crippen molar-refractivity contribution in [2.24, 2.45) is 0 Å². The van der Waals surface area contributed by atoms with Crippen LogP contribution in [0.4, 0.5) is 0 Å². The van der Waals surface area contributed by atoms with Crippen molar-refractivity contribution in [3.8, 4) is 0 Å². The minimum absolute atomic E-state index is 0.243. The SMILES string of the molecule is CCCCCCCCCC/C=C\CCCCCCCCCCCC(=O)NC(COC1OC(CO)C(OC2OC(CO)C(OC3OC(CO)C(O)C(O)C3O)C(O)C2O)C(O)C1O)C(O)/C=C/CCCCCCCCCCCCCCCCCCCCC. The fourth-order valence-electron chi connectivity index (χ4n) is 12.0. The zero-order valence-corrected chi connectivity index (χ0v) is 54.0. The number of carbonyl (C=O) groups is 1. The molecule has 1 amide bonds. The van der Waals surface area contributed by atoms with Crippen LogP contribution in [-0.4, -0.2) is 193 Å². The van der Waals surface area contributed by atoms with E-state index in [2.05, 4.69) is 31.3 Å². The van der Waals surface area contributed by atoms with E-state index in [-0.39, 0.29) is 18.9 Å². The van der Waals surface area contributed by atoms with Crippen molar-refractivity contribution in [2.75, 3.05) is 26.4 Å². The number of allylic oxidation sites excluding steroid dienone is 3. The average molecular weight is 1250 g/mol. The lowest BCUT2D eigenvalue weighted by Crippen LogP contribution is -2.66. The van der Waals surface area contributed by atoms with Gasteiger partial charge in [0.25, 0.3) is 0 Å². The molecule has 0 radical (unpaired) electrons. The van der Waals surface area contributed by atoms with Crippen LogP contribution in [0.15, 0.2) is 24.3 Å². The maximum atomic E-state index is 13.4. The molecule has 3 aliphatic heterocycles. The zero-order valence-electron chi connectivity index (χ0n) is 54.0. The Bertz CT molecular complexity index is 1680. The van der Waals surface area contributed by atoms with Crippen molar-refractivity contribution in [1.29, 1.82) is 0 Å². The van der Waals surface area contributed by atoms with Gasteiger partial charge in [0.05, 0.1) is 38.6 Å². The van der Waals surface area contributed by atoms with Gasteiger partial charge in [0, 0.05) is 6.42 Å². The summed E-state index contributed by atoms with van der Waals surface area (Å²) < 4.78 is 34.4. The van der Waals surface area contributed by atoms with Gasteiger partial charge >= 0.3 is 0 Å². The molecule has 0 aromatic rings. The highest BCUT2D eigenvalue weighted by Gasteiger charge is 2.53. The standard InChI is InChI=1S/C68H127NO18/c1-3-5-7-9-11-13-15-17-19-21-23-25-27-29-31-33-35-37-39-41-43-45-52(73)51(69-56(74)46-44-42-40-38-36-34-32-30-28-26-24-22-20-18-16-14-12-10-8-6-4-2)50-82-66-62(80)59(77)64(54(48-71)84-66)87-68-63(81)60(78)65(55(49-72)85-68)86-67-61(79)58(76)57(75)53(47-70)83-67/h22,24,43,45,51-55,57-68,70-73,75-81H,3-21,23,25-42,44,46-50H2,1-2H3,(H,69,74)/b24-22-,45-43+. The number of nitrogens with one attached hydrogen (secondary N) is 1. The van der Waals surface area contributed by atoms with Crippen molar-refractivity contribution in [3.63, 3.8) is 0 Å². The van der Waals surface area contributed by atoms with Crippen LogP contribution in [0.3, 0.4) is 0 Å². The summed E-state index contributed by atoms with van der Waals surface area (Å²) in [6, 6.07) is -0.973. The first-order chi connectivity index (χ1) is 42.3. The van der Waals surface area contributed by atoms with Gasteiger partial charge in [0.15, 0.2) is 18.9 Å². The summed E-state index contributed by atoms with van der Waals surface area (Å²) in [5, 5.41) is 121. The van der Waals surface area contributed by atoms with E-state index >= 15 is 0 Å². The van der Waals surface area contributed by atoms with Crippen LogP contribution in [0.1, 0.15) is 271 Å². The topological polar surface area (TPSA) is 307 Å². The summed E-state index contributed by atoms with van der Waals surface area (Å²) >= 11 is 0. The van der Waals surface area contributed by atoms with Crippen molar-refractivity contribution >= 4 is 5.91 Å². The van der Waals surface area contributed by atoms with Crippen LogP contribution >= 0.6 is 0 Å². The van der Waals surface area contributed by atoms with Gasteiger partial charge in [-0.05, 0) is 44.9 Å². The van der Waals surface area contributed by atoms with Gasteiger partial charge in [-0.3, -0.25) is 4.79 Å². The highest BCUT2D eigenvalue weighted by Crippen LogP contribution is 2.33. The van der Waals surface area contributed by atoms with Crippen LogP contribution in [0.5, 0.6) is 0 Å². The minimum Gasteiger partial charge on any atom is -0.394 e. The molecular formula is C68H127NO18. The molecular weight excluding hydrogens is 1120 g/mol. The second-order valence-electron chi connectivity index (χ2n) is 25.3. The molecule has 0 spiro atoms. The van der Waals surface area contributed by atoms with E-state index in [1.807, 2.05) is 6.08 Å². The van der Waals surface area contributed by atoms with Gasteiger partial charge < -0.3 is 89.9 Å². The summed E-state index contributed by atoms with van der Waals surface area (Å²) in [5.41, 5.74) is 0. The Hall–Kier alpha value is -1.73. The van der Waals surface area contributed by atoms with E-state index in [1.165, 1.54) is 193 Å². The molecule has 0 aliphatic carbocycles. The van der Waals surface area contributed by atoms with E-state index < -0.39 is 124 Å². The molecule has 0 saturated carbocycles. The number of unbranched alkanes of at least 4 members (excludes halogenated alkanes) is 36. The van der Waals surface area contributed by atoms with Crippen molar-refractivity contribution in [2.45, 2.75) is 375 Å². The molecule has 17 unspecified atom stereocenters. The van der Waals surface area contributed by atoms with Crippen molar-refractivity contribution in [1.82, 2.24) is 5.32 Å². The molecule has 0 aromatic heterocycles. The maximum Gasteiger partial charge on any atom is 0.220 e. The first kappa shape index (κ1) is 79.5. The molecule has 12 N–H and O–H groups in total. The lowest BCUT2D eigenvalue weighted by atomic mass is 9.96. The van der Waals surface area contributed by atoms with E-state index in [9.17, 15) is 61.0 Å². The Morgan fingerprint density at radius 1 is 0.402 bits per heavy atom. The predicted molar refractivity (Wildman–Crippen MR) is 337 cm³/mol. The molecule has 19 heteroatoms. The van der Waals surface area contributed by atoms with Gasteiger partial charge in [0.1, 0.15) is 73.2 Å². The fraction of sp³-hybridized carbons (Fsp3) is 0.926. The van der Waals surface area contributed by atoms with E-state index in [0.29, 0.717) is 6.42 Å².